The summed E-state index contributed by atoms with van der Waals surface area (Å²) in [5.41, 5.74) is -0.201. The molecular weight excluding hydrogens is 323 g/mol. The van der Waals surface area contributed by atoms with Crippen LogP contribution in [0.4, 0.5) is 13.2 Å². The molecule has 0 bridgehead atoms. The van der Waals surface area contributed by atoms with Gasteiger partial charge in [-0.25, -0.2) is 0 Å². The molecule has 1 unspecified atom stereocenters. The molecule has 1 saturated heterocycles. The lowest BCUT2D eigenvalue weighted by Crippen LogP contribution is -2.21. The van der Waals surface area contributed by atoms with E-state index in [1.807, 2.05) is 0 Å². The predicted octanol–water partition coefficient (Wildman–Crippen LogP) is 3.22. The Bertz CT molecular complexity index is 670. The van der Waals surface area contributed by atoms with Gasteiger partial charge in [0.1, 0.15) is 0 Å². The van der Waals surface area contributed by atoms with E-state index in [2.05, 4.69) is 15.0 Å². The monoisotopic (exact) mass is 341 g/mol. The van der Waals surface area contributed by atoms with Crippen LogP contribution in [0.1, 0.15) is 17.9 Å². The fourth-order valence-corrected chi connectivity index (χ4v) is 2.86. The van der Waals surface area contributed by atoms with Gasteiger partial charge in [-0.2, -0.15) is 18.2 Å². The summed E-state index contributed by atoms with van der Waals surface area (Å²) >= 11 is 0. The van der Waals surface area contributed by atoms with Crippen molar-refractivity contribution in [1.82, 2.24) is 15.0 Å². The lowest BCUT2D eigenvalue weighted by molar-refractivity contribution is -0.137. The van der Waals surface area contributed by atoms with Crippen molar-refractivity contribution in [1.29, 1.82) is 0 Å². The highest BCUT2D eigenvalue weighted by molar-refractivity contribution is 5.54. The maximum Gasteiger partial charge on any atom is 0.416 e. The van der Waals surface area contributed by atoms with E-state index in [9.17, 15) is 13.2 Å². The molecule has 5 nitrogen and oxygen atoms in total. The third-order valence-electron chi connectivity index (χ3n) is 4.07. The molecule has 3 rings (SSSR count). The van der Waals surface area contributed by atoms with Crippen LogP contribution in [-0.4, -0.2) is 41.8 Å². The first kappa shape index (κ1) is 16.9. The lowest BCUT2D eigenvalue weighted by atomic mass is 10.1. The molecule has 0 spiro atoms. The Labute approximate surface area is 137 Å². The van der Waals surface area contributed by atoms with Gasteiger partial charge in [-0.05, 0) is 31.0 Å². The molecular formula is C16H18F3N3O2. The molecule has 0 saturated carbocycles. The first-order valence-electron chi connectivity index (χ1n) is 7.67. The average molecular weight is 341 g/mol. The Morgan fingerprint density at radius 2 is 2.04 bits per heavy atom. The minimum Gasteiger partial charge on any atom is -0.384 e. The lowest BCUT2D eigenvalue weighted by Gasteiger charge is -2.12. The van der Waals surface area contributed by atoms with Crippen molar-refractivity contribution < 1.29 is 22.4 Å². The summed E-state index contributed by atoms with van der Waals surface area (Å²) in [5, 5.41) is 3.86. The van der Waals surface area contributed by atoms with Crippen LogP contribution in [0.15, 0.2) is 28.8 Å². The Hall–Kier alpha value is -1.93. The number of rotatable bonds is 5. The minimum atomic E-state index is -4.35. The second-order valence-corrected chi connectivity index (χ2v) is 5.93. The fraction of sp³-hybridized carbons (Fsp3) is 0.500. The summed E-state index contributed by atoms with van der Waals surface area (Å²) in [4.78, 5) is 6.48. The van der Waals surface area contributed by atoms with Crippen molar-refractivity contribution in [2.75, 3.05) is 26.8 Å². The molecule has 1 fully saturated rings. The molecule has 24 heavy (non-hydrogen) atoms. The van der Waals surface area contributed by atoms with Crippen LogP contribution < -0.4 is 0 Å². The number of nitrogens with zero attached hydrogens (tertiary/aromatic N) is 3. The van der Waals surface area contributed by atoms with Crippen LogP contribution >= 0.6 is 0 Å². The van der Waals surface area contributed by atoms with Gasteiger partial charge in [0.05, 0.1) is 18.7 Å². The van der Waals surface area contributed by atoms with Gasteiger partial charge < -0.3 is 9.26 Å². The van der Waals surface area contributed by atoms with Crippen molar-refractivity contribution >= 4 is 0 Å². The highest BCUT2D eigenvalue weighted by Crippen LogP contribution is 2.30. The third kappa shape index (κ3) is 3.93. The Morgan fingerprint density at radius 1 is 1.29 bits per heavy atom. The van der Waals surface area contributed by atoms with Crippen molar-refractivity contribution in [3.05, 3.63) is 35.7 Å². The molecule has 0 N–H and O–H groups in total. The smallest absolute Gasteiger partial charge is 0.384 e. The van der Waals surface area contributed by atoms with E-state index in [1.165, 1.54) is 12.1 Å². The molecule has 0 radical (unpaired) electrons. The van der Waals surface area contributed by atoms with E-state index >= 15 is 0 Å². The Balaban J connectivity index is 1.63. The largest absolute Gasteiger partial charge is 0.416 e. The van der Waals surface area contributed by atoms with E-state index in [0.717, 1.165) is 38.2 Å². The van der Waals surface area contributed by atoms with Crippen LogP contribution in [-0.2, 0) is 17.5 Å². The number of likely N-dealkylation sites (tertiary alicyclic amines) is 1. The summed E-state index contributed by atoms with van der Waals surface area (Å²) in [5.74, 6) is 1.27. The van der Waals surface area contributed by atoms with Crippen molar-refractivity contribution in [3.8, 4) is 11.4 Å². The van der Waals surface area contributed by atoms with E-state index in [-0.39, 0.29) is 0 Å². The molecule has 2 aromatic rings. The molecule has 8 heteroatoms. The van der Waals surface area contributed by atoms with E-state index < -0.39 is 11.7 Å². The van der Waals surface area contributed by atoms with Gasteiger partial charge in [0, 0.05) is 19.2 Å². The number of aromatic nitrogens is 2. The van der Waals surface area contributed by atoms with Gasteiger partial charge in [-0.3, -0.25) is 4.90 Å². The predicted molar refractivity (Wildman–Crippen MR) is 80.0 cm³/mol. The van der Waals surface area contributed by atoms with E-state index in [0.29, 0.717) is 29.7 Å². The summed E-state index contributed by atoms with van der Waals surface area (Å²) in [6.07, 6.45) is -3.29. The third-order valence-corrected chi connectivity index (χ3v) is 4.07. The van der Waals surface area contributed by atoms with Crippen LogP contribution in [0.2, 0.25) is 0 Å². The normalized spacial score (nSPS) is 19.1. The minimum absolute atomic E-state index is 0.298. The second kappa shape index (κ2) is 6.90. The molecule has 1 aromatic heterocycles. The van der Waals surface area contributed by atoms with E-state index in [1.54, 1.807) is 7.11 Å². The molecule has 1 aliphatic rings. The van der Waals surface area contributed by atoms with Gasteiger partial charge >= 0.3 is 6.18 Å². The zero-order valence-electron chi connectivity index (χ0n) is 13.2. The second-order valence-electron chi connectivity index (χ2n) is 5.93. The highest BCUT2D eigenvalue weighted by atomic mass is 19.4. The van der Waals surface area contributed by atoms with E-state index in [4.69, 9.17) is 9.26 Å². The summed E-state index contributed by atoms with van der Waals surface area (Å²) in [6.45, 7) is 3.11. The molecule has 1 aromatic carbocycles. The van der Waals surface area contributed by atoms with Crippen LogP contribution in [0, 0.1) is 5.92 Å². The maximum absolute atomic E-state index is 12.6. The summed E-state index contributed by atoms with van der Waals surface area (Å²) in [7, 11) is 1.69. The SMILES string of the molecule is COCC1CCN(Cc2nc(-c3ccc(C(F)(F)F)cc3)no2)C1. The van der Waals surface area contributed by atoms with Gasteiger partial charge in [-0.1, -0.05) is 17.3 Å². The average Bonchev–Trinajstić information content (AvgIpc) is 3.17. The summed E-state index contributed by atoms with van der Waals surface area (Å²) < 4.78 is 48.1. The van der Waals surface area contributed by atoms with Gasteiger partial charge in [0.25, 0.3) is 0 Å². The molecule has 0 amide bonds. The number of halogens is 3. The molecule has 130 valence electrons. The zero-order chi connectivity index (χ0) is 17.2. The van der Waals surface area contributed by atoms with Crippen molar-refractivity contribution in [2.24, 2.45) is 5.92 Å². The topological polar surface area (TPSA) is 51.4 Å². The van der Waals surface area contributed by atoms with Gasteiger partial charge in [0.15, 0.2) is 0 Å². The van der Waals surface area contributed by atoms with Crippen molar-refractivity contribution in [3.63, 3.8) is 0 Å². The fourth-order valence-electron chi connectivity index (χ4n) is 2.86. The number of ether oxygens (including phenoxy) is 1. The summed E-state index contributed by atoms with van der Waals surface area (Å²) in [6, 6.07) is 4.73. The molecule has 2 heterocycles. The number of benzene rings is 1. The molecule has 1 atom stereocenters. The Kier molecular flexibility index (Phi) is 4.86. The van der Waals surface area contributed by atoms with Crippen LogP contribution in [0.3, 0.4) is 0 Å². The maximum atomic E-state index is 12.6. The van der Waals surface area contributed by atoms with Crippen molar-refractivity contribution in [2.45, 2.75) is 19.1 Å². The molecule has 1 aliphatic heterocycles. The zero-order valence-corrected chi connectivity index (χ0v) is 13.2. The van der Waals surface area contributed by atoms with Crippen LogP contribution in [0.5, 0.6) is 0 Å². The standard InChI is InChI=1S/C16H18F3N3O2/c1-23-10-11-6-7-22(8-11)9-14-20-15(21-24-14)12-2-4-13(5-3-12)16(17,18)19/h2-5,11H,6-10H2,1H3. The number of hydrogen-bond donors (Lipinski definition) is 0. The Morgan fingerprint density at radius 3 is 2.71 bits per heavy atom. The van der Waals surface area contributed by atoms with Gasteiger partial charge in [-0.15, -0.1) is 0 Å². The quantitative estimate of drug-likeness (QED) is 0.836. The number of alkyl halides is 3. The number of methoxy groups -OCH3 is 1. The molecule has 0 aliphatic carbocycles. The first-order chi connectivity index (χ1) is 11.5. The number of hydrogen-bond acceptors (Lipinski definition) is 5. The first-order valence-corrected chi connectivity index (χ1v) is 7.67. The van der Waals surface area contributed by atoms with Crippen LogP contribution in [0.25, 0.3) is 11.4 Å². The van der Waals surface area contributed by atoms with Gasteiger partial charge in [0.2, 0.25) is 11.7 Å². The highest BCUT2D eigenvalue weighted by Gasteiger charge is 2.30.